The molecule has 3 rings (SSSR count). The number of aromatic hydroxyl groups is 1. The third-order valence-corrected chi connectivity index (χ3v) is 4.91. The van der Waals surface area contributed by atoms with E-state index in [2.05, 4.69) is 38.0 Å². The number of hydrogen-bond donors (Lipinski definition) is 2. The van der Waals surface area contributed by atoms with Gasteiger partial charge >= 0.3 is 0 Å². The fraction of sp³-hybridized carbons (Fsp3) is 0.438. The van der Waals surface area contributed by atoms with Gasteiger partial charge < -0.3 is 9.84 Å². The van der Waals surface area contributed by atoms with Crippen LogP contribution in [0.2, 0.25) is 0 Å². The van der Waals surface area contributed by atoms with E-state index in [0.717, 1.165) is 43.7 Å². The maximum atomic E-state index is 10.2. The third-order valence-electron chi connectivity index (χ3n) is 4.11. The molecule has 0 spiro atoms. The van der Waals surface area contributed by atoms with Gasteiger partial charge in [-0.05, 0) is 41.0 Å². The summed E-state index contributed by atoms with van der Waals surface area (Å²) in [5.41, 5.74) is 4.21. The number of aromatic amines is 1. The zero-order valence-electron chi connectivity index (χ0n) is 12.8. The maximum Gasteiger partial charge on any atom is 0.172 e. The Balaban J connectivity index is 2.01. The van der Waals surface area contributed by atoms with Crippen LogP contribution in [-0.2, 0) is 13.0 Å². The summed E-state index contributed by atoms with van der Waals surface area (Å²) in [4.78, 5) is 2.44. The van der Waals surface area contributed by atoms with Crippen molar-refractivity contribution in [1.82, 2.24) is 15.1 Å². The fourth-order valence-corrected chi connectivity index (χ4v) is 3.49. The van der Waals surface area contributed by atoms with E-state index in [1.165, 1.54) is 11.3 Å². The van der Waals surface area contributed by atoms with E-state index in [0.29, 0.717) is 10.2 Å². The Morgan fingerprint density at radius 3 is 3.00 bits per heavy atom. The molecule has 0 amide bonds. The van der Waals surface area contributed by atoms with Crippen molar-refractivity contribution in [3.63, 3.8) is 0 Å². The van der Waals surface area contributed by atoms with Gasteiger partial charge in [0.1, 0.15) is 0 Å². The normalized spacial score (nSPS) is 14.9. The highest BCUT2D eigenvalue weighted by atomic mass is 79.9. The number of phenolic OH excluding ortho intramolecular Hbond substituents is 1. The summed E-state index contributed by atoms with van der Waals surface area (Å²) in [5, 5.41) is 17.8. The van der Waals surface area contributed by atoms with Crippen LogP contribution in [0.25, 0.3) is 11.3 Å². The Morgan fingerprint density at radius 1 is 1.45 bits per heavy atom. The van der Waals surface area contributed by atoms with Crippen molar-refractivity contribution in [2.24, 2.45) is 0 Å². The molecule has 1 aliphatic rings. The second-order valence-electron chi connectivity index (χ2n) is 5.53. The molecule has 1 aromatic heterocycles. The van der Waals surface area contributed by atoms with Gasteiger partial charge in [-0.1, -0.05) is 6.92 Å². The minimum absolute atomic E-state index is 0.109. The molecule has 5 nitrogen and oxygen atoms in total. The van der Waals surface area contributed by atoms with Crippen molar-refractivity contribution in [3.05, 3.63) is 27.9 Å². The average molecular weight is 366 g/mol. The number of aromatic nitrogens is 2. The number of benzene rings is 1. The van der Waals surface area contributed by atoms with Gasteiger partial charge in [-0.2, -0.15) is 5.10 Å². The van der Waals surface area contributed by atoms with Gasteiger partial charge in [0.15, 0.2) is 11.5 Å². The SMILES string of the molecule is CCCN1CCc2[nH]nc(-c3ccc(OC)c(O)c3Br)c2C1. The van der Waals surface area contributed by atoms with Crippen LogP contribution in [0, 0.1) is 0 Å². The Bertz CT molecular complexity index is 684. The van der Waals surface area contributed by atoms with E-state index in [9.17, 15) is 5.11 Å². The van der Waals surface area contributed by atoms with Crippen molar-refractivity contribution in [2.45, 2.75) is 26.3 Å². The molecule has 1 aliphatic heterocycles. The first-order valence-electron chi connectivity index (χ1n) is 7.50. The first kappa shape index (κ1) is 15.4. The molecule has 6 heteroatoms. The fourth-order valence-electron chi connectivity index (χ4n) is 2.98. The lowest BCUT2D eigenvalue weighted by atomic mass is 10.0. The highest BCUT2D eigenvalue weighted by Gasteiger charge is 2.24. The Labute approximate surface area is 138 Å². The number of hydrogen-bond acceptors (Lipinski definition) is 4. The first-order chi connectivity index (χ1) is 10.7. The summed E-state index contributed by atoms with van der Waals surface area (Å²) in [6.45, 7) is 5.26. The van der Waals surface area contributed by atoms with Gasteiger partial charge in [-0.25, -0.2) is 0 Å². The summed E-state index contributed by atoms with van der Waals surface area (Å²) < 4.78 is 5.76. The van der Waals surface area contributed by atoms with Crippen molar-refractivity contribution >= 4 is 15.9 Å². The molecule has 0 bridgehead atoms. The van der Waals surface area contributed by atoms with E-state index in [4.69, 9.17) is 4.74 Å². The molecular weight excluding hydrogens is 346 g/mol. The van der Waals surface area contributed by atoms with Crippen LogP contribution in [0.1, 0.15) is 24.6 Å². The summed E-state index contributed by atoms with van der Waals surface area (Å²) in [7, 11) is 1.54. The van der Waals surface area contributed by atoms with Gasteiger partial charge in [-0.15, -0.1) is 0 Å². The zero-order chi connectivity index (χ0) is 15.7. The van der Waals surface area contributed by atoms with E-state index in [-0.39, 0.29) is 5.75 Å². The van der Waals surface area contributed by atoms with Gasteiger partial charge in [0.2, 0.25) is 0 Å². The van der Waals surface area contributed by atoms with Gasteiger partial charge in [0, 0.05) is 36.3 Å². The topological polar surface area (TPSA) is 61.4 Å². The molecule has 0 aliphatic carbocycles. The van der Waals surface area contributed by atoms with Crippen LogP contribution in [0.15, 0.2) is 16.6 Å². The smallest absolute Gasteiger partial charge is 0.172 e. The van der Waals surface area contributed by atoms with Gasteiger partial charge in [0.25, 0.3) is 0 Å². The number of nitrogens with zero attached hydrogens (tertiary/aromatic N) is 2. The molecule has 0 saturated heterocycles. The molecule has 0 unspecified atom stereocenters. The molecule has 22 heavy (non-hydrogen) atoms. The monoisotopic (exact) mass is 365 g/mol. The maximum absolute atomic E-state index is 10.2. The molecule has 2 heterocycles. The predicted octanol–water partition coefficient (Wildman–Crippen LogP) is 3.32. The molecule has 0 atom stereocenters. The number of methoxy groups -OCH3 is 1. The van der Waals surface area contributed by atoms with Crippen molar-refractivity contribution in [1.29, 1.82) is 0 Å². The van der Waals surface area contributed by atoms with Crippen LogP contribution in [0.3, 0.4) is 0 Å². The van der Waals surface area contributed by atoms with Crippen molar-refractivity contribution in [3.8, 4) is 22.8 Å². The van der Waals surface area contributed by atoms with Crippen LogP contribution >= 0.6 is 15.9 Å². The number of fused-ring (bicyclic) bond motifs is 1. The molecule has 1 aromatic carbocycles. The molecule has 2 aromatic rings. The second-order valence-corrected chi connectivity index (χ2v) is 6.33. The molecular formula is C16H20BrN3O2. The Morgan fingerprint density at radius 2 is 2.27 bits per heavy atom. The van der Waals surface area contributed by atoms with E-state index >= 15 is 0 Å². The van der Waals surface area contributed by atoms with E-state index < -0.39 is 0 Å². The standard InChI is InChI=1S/C16H20BrN3O2/c1-3-7-20-8-6-12-11(9-20)15(19-18-12)10-4-5-13(22-2)16(21)14(10)17/h4-5,21H,3,6-9H2,1-2H3,(H,18,19). The summed E-state index contributed by atoms with van der Waals surface area (Å²) >= 11 is 3.47. The molecule has 2 N–H and O–H groups in total. The van der Waals surface area contributed by atoms with Crippen molar-refractivity contribution < 1.29 is 9.84 Å². The quantitative estimate of drug-likeness (QED) is 0.872. The largest absolute Gasteiger partial charge is 0.503 e. The lowest BCUT2D eigenvalue weighted by Gasteiger charge is -2.26. The molecule has 0 saturated carbocycles. The molecule has 0 radical (unpaired) electrons. The van der Waals surface area contributed by atoms with E-state index in [1.807, 2.05) is 6.07 Å². The minimum Gasteiger partial charge on any atom is -0.503 e. The van der Waals surface area contributed by atoms with Crippen molar-refractivity contribution in [2.75, 3.05) is 20.2 Å². The Kier molecular flexibility index (Phi) is 4.40. The lowest BCUT2D eigenvalue weighted by molar-refractivity contribution is 0.254. The lowest BCUT2D eigenvalue weighted by Crippen LogP contribution is -2.31. The van der Waals surface area contributed by atoms with Crippen LogP contribution < -0.4 is 4.74 Å². The minimum atomic E-state index is 0.109. The highest BCUT2D eigenvalue weighted by molar-refractivity contribution is 9.10. The van der Waals surface area contributed by atoms with Gasteiger partial charge in [0.05, 0.1) is 17.3 Å². The summed E-state index contributed by atoms with van der Waals surface area (Å²) in [6, 6.07) is 3.70. The van der Waals surface area contributed by atoms with Crippen LogP contribution in [0.4, 0.5) is 0 Å². The predicted molar refractivity (Wildman–Crippen MR) is 89.2 cm³/mol. The second kappa shape index (κ2) is 6.30. The number of phenols is 1. The molecule has 118 valence electrons. The first-order valence-corrected chi connectivity index (χ1v) is 8.29. The zero-order valence-corrected chi connectivity index (χ0v) is 14.4. The molecule has 0 fully saturated rings. The number of H-pyrrole nitrogens is 1. The number of nitrogens with one attached hydrogen (secondary N) is 1. The number of ether oxygens (including phenoxy) is 1. The van der Waals surface area contributed by atoms with Crippen LogP contribution in [-0.4, -0.2) is 40.4 Å². The van der Waals surface area contributed by atoms with E-state index in [1.54, 1.807) is 13.2 Å². The summed E-state index contributed by atoms with van der Waals surface area (Å²) in [6.07, 6.45) is 2.14. The third kappa shape index (κ3) is 2.61. The summed E-state index contributed by atoms with van der Waals surface area (Å²) in [5.74, 6) is 0.561. The average Bonchev–Trinajstić information content (AvgIpc) is 2.93. The number of rotatable bonds is 4. The van der Waals surface area contributed by atoms with Crippen LogP contribution in [0.5, 0.6) is 11.5 Å². The Hall–Kier alpha value is -1.53. The number of halogens is 1. The van der Waals surface area contributed by atoms with Gasteiger partial charge in [-0.3, -0.25) is 10.00 Å². The highest BCUT2D eigenvalue weighted by Crippen LogP contribution is 2.42.